The quantitative estimate of drug-likeness (QED) is 0.599. The van der Waals surface area contributed by atoms with E-state index in [2.05, 4.69) is 12.1 Å². The Morgan fingerprint density at radius 3 is 2.47 bits per heavy atom. The maximum absolute atomic E-state index is 13.2. The zero-order chi connectivity index (χ0) is 21.1. The number of aromatic nitrogens is 1. The first-order valence-corrected chi connectivity index (χ1v) is 10.2. The molecule has 30 heavy (non-hydrogen) atoms. The van der Waals surface area contributed by atoms with E-state index in [1.807, 2.05) is 54.3 Å². The number of methoxy groups -OCH3 is 2. The Morgan fingerprint density at radius 1 is 0.967 bits per heavy atom. The Kier molecular flexibility index (Phi) is 5.70. The lowest BCUT2D eigenvalue weighted by molar-refractivity contribution is 0.0732. The molecule has 0 aliphatic carbocycles. The molecule has 1 aromatic heterocycles. The maximum Gasteiger partial charge on any atom is 0.254 e. The van der Waals surface area contributed by atoms with Gasteiger partial charge in [0.1, 0.15) is 11.5 Å². The van der Waals surface area contributed by atoms with Gasteiger partial charge in [0.15, 0.2) is 0 Å². The molecule has 1 amide bonds. The lowest BCUT2D eigenvalue weighted by atomic mass is 10.0. The summed E-state index contributed by atoms with van der Waals surface area (Å²) in [5, 5.41) is 0. The second-order valence-electron chi connectivity index (χ2n) is 7.54. The summed E-state index contributed by atoms with van der Waals surface area (Å²) < 4.78 is 10.6. The second-order valence-corrected chi connectivity index (χ2v) is 7.54. The SMILES string of the molecule is COc1ccc(-c2cc(C)nc([C@@H]3CCCN3C(=O)c3cccc(OC)c3)c2)cc1. The zero-order valence-corrected chi connectivity index (χ0v) is 17.6. The van der Waals surface area contributed by atoms with Crippen molar-refractivity contribution >= 4 is 5.91 Å². The average molecular weight is 402 g/mol. The molecule has 4 rings (SSSR count). The highest BCUT2D eigenvalue weighted by atomic mass is 16.5. The first-order valence-electron chi connectivity index (χ1n) is 10.2. The molecular formula is C25H26N2O3. The van der Waals surface area contributed by atoms with Crippen LogP contribution in [0.15, 0.2) is 60.7 Å². The van der Waals surface area contributed by atoms with Crippen molar-refractivity contribution in [3.8, 4) is 22.6 Å². The minimum Gasteiger partial charge on any atom is -0.497 e. The summed E-state index contributed by atoms with van der Waals surface area (Å²) in [6.07, 6.45) is 1.88. The van der Waals surface area contributed by atoms with E-state index >= 15 is 0 Å². The van der Waals surface area contributed by atoms with Crippen molar-refractivity contribution < 1.29 is 14.3 Å². The van der Waals surface area contributed by atoms with Gasteiger partial charge in [-0.15, -0.1) is 0 Å². The number of likely N-dealkylation sites (tertiary alicyclic amines) is 1. The summed E-state index contributed by atoms with van der Waals surface area (Å²) in [4.78, 5) is 20.0. The van der Waals surface area contributed by atoms with Gasteiger partial charge in [-0.1, -0.05) is 18.2 Å². The minimum atomic E-state index is -0.0272. The summed E-state index contributed by atoms with van der Waals surface area (Å²) in [5.41, 5.74) is 4.73. The number of hydrogen-bond donors (Lipinski definition) is 0. The number of carbonyl (C=O) groups excluding carboxylic acids is 1. The first-order chi connectivity index (χ1) is 14.6. The number of pyridine rings is 1. The van der Waals surface area contributed by atoms with Crippen LogP contribution in [0.25, 0.3) is 11.1 Å². The first kappa shape index (κ1) is 20.0. The molecule has 2 aromatic carbocycles. The largest absolute Gasteiger partial charge is 0.497 e. The van der Waals surface area contributed by atoms with E-state index < -0.39 is 0 Å². The van der Waals surface area contributed by atoms with Crippen molar-refractivity contribution in [2.24, 2.45) is 0 Å². The number of rotatable bonds is 5. The van der Waals surface area contributed by atoms with Crippen LogP contribution in [-0.4, -0.2) is 36.6 Å². The number of aryl methyl sites for hydroxylation is 1. The number of ether oxygens (including phenoxy) is 2. The molecule has 5 nitrogen and oxygen atoms in total. The molecule has 0 unspecified atom stereocenters. The Labute approximate surface area is 177 Å². The summed E-state index contributed by atoms with van der Waals surface area (Å²) >= 11 is 0. The van der Waals surface area contributed by atoms with Gasteiger partial charge >= 0.3 is 0 Å². The van der Waals surface area contributed by atoms with E-state index in [9.17, 15) is 4.79 Å². The molecule has 0 bridgehead atoms. The summed E-state index contributed by atoms with van der Waals surface area (Å²) in [6.45, 7) is 2.73. The van der Waals surface area contributed by atoms with Gasteiger partial charge in [-0.2, -0.15) is 0 Å². The van der Waals surface area contributed by atoms with Crippen molar-refractivity contribution in [3.05, 3.63) is 77.6 Å². The molecule has 1 saturated heterocycles. The monoisotopic (exact) mass is 402 g/mol. The fourth-order valence-electron chi connectivity index (χ4n) is 4.05. The van der Waals surface area contributed by atoms with Crippen LogP contribution < -0.4 is 9.47 Å². The molecule has 3 aromatic rings. The molecule has 1 atom stereocenters. The van der Waals surface area contributed by atoms with E-state index in [0.717, 1.165) is 47.7 Å². The Bertz CT molecular complexity index is 1050. The molecule has 0 saturated carbocycles. The standard InChI is InChI=1S/C25H26N2O3/c1-17-14-20(18-9-11-21(29-2)12-10-18)16-23(26-17)24-8-5-13-27(24)25(28)19-6-4-7-22(15-19)30-3/h4,6-7,9-12,14-16,24H,5,8,13H2,1-3H3/t24-/m0/s1. The van der Waals surface area contributed by atoms with Crippen molar-refractivity contribution in [2.75, 3.05) is 20.8 Å². The molecule has 0 N–H and O–H groups in total. The molecule has 0 radical (unpaired) electrons. The van der Waals surface area contributed by atoms with Crippen LogP contribution in [0.3, 0.4) is 0 Å². The number of benzene rings is 2. The van der Waals surface area contributed by atoms with Crippen molar-refractivity contribution in [1.29, 1.82) is 0 Å². The number of amides is 1. The van der Waals surface area contributed by atoms with Crippen LogP contribution in [0.2, 0.25) is 0 Å². The Hall–Kier alpha value is -3.34. The Balaban J connectivity index is 1.65. The molecule has 2 heterocycles. The van der Waals surface area contributed by atoms with Crippen molar-refractivity contribution in [1.82, 2.24) is 9.88 Å². The highest BCUT2D eigenvalue weighted by Gasteiger charge is 2.32. The third kappa shape index (κ3) is 4.01. The van der Waals surface area contributed by atoms with Gasteiger partial charge in [0.05, 0.1) is 26.0 Å². The highest BCUT2D eigenvalue weighted by molar-refractivity contribution is 5.95. The third-order valence-electron chi connectivity index (χ3n) is 5.57. The van der Waals surface area contributed by atoms with Crippen LogP contribution in [0.5, 0.6) is 11.5 Å². The zero-order valence-electron chi connectivity index (χ0n) is 17.6. The maximum atomic E-state index is 13.2. The highest BCUT2D eigenvalue weighted by Crippen LogP contribution is 2.35. The smallest absolute Gasteiger partial charge is 0.254 e. The van der Waals surface area contributed by atoms with Crippen LogP contribution in [0, 0.1) is 6.92 Å². The molecule has 154 valence electrons. The van der Waals surface area contributed by atoms with Crippen LogP contribution in [0.4, 0.5) is 0 Å². The van der Waals surface area contributed by atoms with E-state index in [0.29, 0.717) is 11.3 Å². The fourth-order valence-corrected chi connectivity index (χ4v) is 4.05. The van der Waals surface area contributed by atoms with Crippen molar-refractivity contribution in [3.63, 3.8) is 0 Å². The molecule has 1 fully saturated rings. The summed E-state index contributed by atoms with van der Waals surface area (Å²) in [7, 11) is 3.28. The molecule has 1 aliphatic rings. The number of nitrogens with zero attached hydrogens (tertiary/aromatic N) is 2. The van der Waals surface area contributed by atoms with Gasteiger partial charge in [0, 0.05) is 17.8 Å². The lowest BCUT2D eigenvalue weighted by Crippen LogP contribution is -2.31. The van der Waals surface area contributed by atoms with Gasteiger partial charge in [0.2, 0.25) is 0 Å². The fraction of sp³-hybridized carbons (Fsp3) is 0.280. The minimum absolute atomic E-state index is 0.0192. The van der Waals surface area contributed by atoms with Crippen LogP contribution >= 0.6 is 0 Å². The van der Waals surface area contributed by atoms with Gasteiger partial charge in [-0.3, -0.25) is 9.78 Å². The number of hydrogen-bond acceptors (Lipinski definition) is 4. The Morgan fingerprint density at radius 2 is 1.73 bits per heavy atom. The lowest BCUT2D eigenvalue weighted by Gasteiger charge is -2.25. The van der Waals surface area contributed by atoms with Gasteiger partial charge < -0.3 is 14.4 Å². The van der Waals surface area contributed by atoms with Gasteiger partial charge in [-0.05, 0) is 73.4 Å². The van der Waals surface area contributed by atoms with Gasteiger partial charge in [-0.25, -0.2) is 0 Å². The molecule has 5 heteroatoms. The van der Waals surface area contributed by atoms with Crippen molar-refractivity contribution in [2.45, 2.75) is 25.8 Å². The van der Waals surface area contributed by atoms with Crippen LogP contribution in [-0.2, 0) is 0 Å². The van der Waals surface area contributed by atoms with E-state index in [-0.39, 0.29) is 11.9 Å². The predicted octanol–water partition coefficient (Wildman–Crippen LogP) is 5.05. The van der Waals surface area contributed by atoms with E-state index in [1.165, 1.54) is 0 Å². The average Bonchev–Trinajstić information content (AvgIpc) is 3.28. The third-order valence-corrected chi connectivity index (χ3v) is 5.57. The number of carbonyl (C=O) groups is 1. The summed E-state index contributed by atoms with van der Waals surface area (Å²) in [5.74, 6) is 1.54. The van der Waals surface area contributed by atoms with E-state index in [1.54, 1.807) is 20.3 Å². The second kappa shape index (κ2) is 8.57. The summed E-state index contributed by atoms with van der Waals surface area (Å²) in [6, 6.07) is 19.5. The predicted molar refractivity (Wildman–Crippen MR) is 117 cm³/mol. The van der Waals surface area contributed by atoms with Gasteiger partial charge in [0.25, 0.3) is 5.91 Å². The normalized spacial score (nSPS) is 15.8. The molecule has 1 aliphatic heterocycles. The van der Waals surface area contributed by atoms with Crippen LogP contribution in [0.1, 0.15) is 40.6 Å². The molecular weight excluding hydrogens is 376 g/mol. The topological polar surface area (TPSA) is 51.7 Å². The van der Waals surface area contributed by atoms with E-state index in [4.69, 9.17) is 14.5 Å². The molecule has 0 spiro atoms.